The highest BCUT2D eigenvalue weighted by Gasteiger charge is 2.23. The highest BCUT2D eigenvalue weighted by atomic mass is 32.1. The first-order valence-electron chi connectivity index (χ1n) is 7.50. The maximum absolute atomic E-state index is 5.79. The molecule has 1 aliphatic carbocycles. The van der Waals surface area contributed by atoms with Gasteiger partial charge in [-0.3, -0.25) is 0 Å². The van der Waals surface area contributed by atoms with Crippen molar-refractivity contribution in [3.8, 4) is 0 Å². The lowest BCUT2D eigenvalue weighted by atomic mass is 10.1. The molecular formula is C15H26N2OS. The third-order valence-electron chi connectivity index (χ3n) is 3.43. The minimum absolute atomic E-state index is 0.169. The molecule has 3 nitrogen and oxygen atoms in total. The molecule has 1 heterocycles. The molecule has 1 aromatic rings. The molecule has 1 unspecified atom stereocenters. The summed E-state index contributed by atoms with van der Waals surface area (Å²) in [5.41, 5.74) is 1.26. The van der Waals surface area contributed by atoms with Crippen LogP contribution in [0.15, 0.2) is 0 Å². The number of hydrogen-bond acceptors (Lipinski definition) is 4. The van der Waals surface area contributed by atoms with Gasteiger partial charge in [0.15, 0.2) is 0 Å². The number of rotatable bonds is 8. The standard InChI is InChI=1S/C15H26N2OS/c1-5-12(18-6-2)15-17-14(10(3)4)13(19-15)9-16-11-7-8-11/h10-12,16H,5-9H2,1-4H3. The average Bonchev–Trinajstić information content (AvgIpc) is 3.12. The Morgan fingerprint density at radius 1 is 1.37 bits per heavy atom. The number of thiazole rings is 1. The Balaban J connectivity index is 2.12. The van der Waals surface area contributed by atoms with Crippen LogP contribution in [-0.2, 0) is 11.3 Å². The van der Waals surface area contributed by atoms with Gasteiger partial charge in [0.25, 0.3) is 0 Å². The number of ether oxygens (including phenoxy) is 1. The lowest BCUT2D eigenvalue weighted by Crippen LogP contribution is -2.15. The second-order valence-electron chi connectivity index (χ2n) is 5.52. The normalized spacial score (nSPS) is 17.1. The van der Waals surface area contributed by atoms with Gasteiger partial charge in [-0.25, -0.2) is 4.98 Å². The van der Waals surface area contributed by atoms with Crippen LogP contribution in [0.25, 0.3) is 0 Å². The summed E-state index contributed by atoms with van der Waals surface area (Å²) in [5.74, 6) is 0.486. The molecule has 1 N–H and O–H groups in total. The summed E-state index contributed by atoms with van der Waals surface area (Å²) in [7, 11) is 0. The van der Waals surface area contributed by atoms with Gasteiger partial charge in [0, 0.05) is 24.1 Å². The van der Waals surface area contributed by atoms with Crippen molar-refractivity contribution in [3.63, 3.8) is 0 Å². The Hall–Kier alpha value is -0.450. The summed E-state index contributed by atoms with van der Waals surface area (Å²) < 4.78 is 5.79. The molecule has 1 atom stereocenters. The molecule has 0 aliphatic heterocycles. The Morgan fingerprint density at radius 2 is 2.11 bits per heavy atom. The van der Waals surface area contributed by atoms with Crippen LogP contribution < -0.4 is 5.32 Å². The van der Waals surface area contributed by atoms with E-state index in [0.29, 0.717) is 5.92 Å². The highest BCUT2D eigenvalue weighted by molar-refractivity contribution is 7.11. The molecule has 1 aromatic heterocycles. The Bertz CT molecular complexity index is 399. The van der Waals surface area contributed by atoms with E-state index in [9.17, 15) is 0 Å². The quantitative estimate of drug-likeness (QED) is 0.782. The lowest BCUT2D eigenvalue weighted by molar-refractivity contribution is 0.0595. The number of nitrogens with one attached hydrogen (secondary N) is 1. The number of aromatic nitrogens is 1. The second-order valence-corrected chi connectivity index (χ2v) is 6.64. The first-order valence-corrected chi connectivity index (χ1v) is 8.31. The average molecular weight is 282 g/mol. The SMILES string of the molecule is CCOC(CC)c1nc(C(C)C)c(CNC2CC2)s1. The molecule has 108 valence electrons. The second kappa shape index (κ2) is 6.82. The monoisotopic (exact) mass is 282 g/mol. The van der Waals surface area contributed by atoms with Crippen molar-refractivity contribution >= 4 is 11.3 Å². The fraction of sp³-hybridized carbons (Fsp3) is 0.800. The van der Waals surface area contributed by atoms with E-state index in [-0.39, 0.29) is 6.10 Å². The summed E-state index contributed by atoms with van der Waals surface area (Å²) in [6.07, 6.45) is 3.83. The molecule has 0 aromatic carbocycles. The fourth-order valence-corrected chi connectivity index (χ4v) is 3.49. The van der Waals surface area contributed by atoms with E-state index in [1.165, 1.54) is 23.4 Å². The number of hydrogen-bond donors (Lipinski definition) is 1. The van der Waals surface area contributed by atoms with Gasteiger partial charge in [0.1, 0.15) is 11.1 Å². The van der Waals surface area contributed by atoms with Crippen molar-refractivity contribution in [1.82, 2.24) is 10.3 Å². The van der Waals surface area contributed by atoms with Crippen LogP contribution in [0, 0.1) is 0 Å². The molecule has 0 radical (unpaired) electrons. The van der Waals surface area contributed by atoms with Gasteiger partial charge in [-0.2, -0.15) is 0 Å². The third-order valence-corrected chi connectivity index (χ3v) is 4.60. The maximum Gasteiger partial charge on any atom is 0.122 e. The topological polar surface area (TPSA) is 34.1 Å². The van der Waals surface area contributed by atoms with E-state index in [1.807, 2.05) is 11.3 Å². The molecule has 0 bridgehead atoms. The van der Waals surface area contributed by atoms with Crippen LogP contribution in [0.1, 0.15) is 74.6 Å². The molecular weight excluding hydrogens is 256 g/mol. The van der Waals surface area contributed by atoms with Gasteiger partial charge in [-0.1, -0.05) is 20.8 Å². The zero-order valence-electron chi connectivity index (χ0n) is 12.5. The van der Waals surface area contributed by atoms with Crippen LogP contribution in [0.5, 0.6) is 0 Å². The molecule has 0 amide bonds. The lowest BCUT2D eigenvalue weighted by Gasteiger charge is -2.11. The Kier molecular flexibility index (Phi) is 5.37. The van der Waals surface area contributed by atoms with Crippen LogP contribution >= 0.6 is 11.3 Å². The summed E-state index contributed by atoms with van der Waals surface area (Å²) in [6.45, 7) is 10.4. The zero-order valence-corrected chi connectivity index (χ0v) is 13.3. The van der Waals surface area contributed by atoms with Crippen molar-refractivity contribution in [1.29, 1.82) is 0 Å². The van der Waals surface area contributed by atoms with Gasteiger partial charge >= 0.3 is 0 Å². The maximum atomic E-state index is 5.79. The summed E-state index contributed by atoms with van der Waals surface area (Å²) in [5, 5.41) is 4.75. The van der Waals surface area contributed by atoms with Crippen LogP contribution in [-0.4, -0.2) is 17.6 Å². The Labute approximate surface area is 120 Å². The third kappa shape index (κ3) is 4.01. The molecule has 1 fully saturated rings. The van der Waals surface area contributed by atoms with Gasteiger partial charge < -0.3 is 10.1 Å². The van der Waals surface area contributed by atoms with Crippen LogP contribution in [0.4, 0.5) is 0 Å². The largest absolute Gasteiger partial charge is 0.371 e. The highest BCUT2D eigenvalue weighted by Crippen LogP contribution is 2.32. The molecule has 2 rings (SSSR count). The number of nitrogens with zero attached hydrogens (tertiary/aromatic N) is 1. The van der Waals surface area contributed by atoms with E-state index >= 15 is 0 Å². The summed E-state index contributed by atoms with van der Waals surface area (Å²) in [4.78, 5) is 6.25. The summed E-state index contributed by atoms with van der Waals surface area (Å²) in [6, 6.07) is 0.749. The minimum atomic E-state index is 0.169. The van der Waals surface area contributed by atoms with Crippen molar-refractivity contribution in [2.75, 3.05) is 6.61 Å². The fourth-order valence-electron chi connectivity index (χ4n) is 2.19. The molecule has 19 heavy (non-hydrogen) atoms. The molecule has 0 saturated heterocycles. The molecule has 1 aliphatic rings. The van der Waals surface area contributed by atoms with E-state index in [0.717, 1.165) is 30.6 Å². The first kappa shape index (κ1) is 14.9. The van der Waals surface area contributed by atoms with Gasteiger partial charge in [0.2, 0.25) is 0 Å². The van der Waals surface area contributed by atoms with Crippen molar-refractivity contribution in [2.45, 2.75) is 71.6 Å². The molecule has 1 saturated carbocycles. The first-order chi connectivity index (χ1) is 9.15. The summed E-state index contributed by atoms with van der Waals surface area (Å²) >= 11 is 1.83. The smallest absolute Gasteiger partial charge is 0.122 e. The van der Waals surface area contributed by atoms with E-state index < -0.39 is 0 Å². The predicted octanol–water partition coefficient (Wildman–Crippen LogP) is 4.01. The van der Waals surface area contributed by atoms with E-state index in [4.69, 9.17) is 9.72 Å². The van der Waals surface area contributed by atoms with Gasteiger partial charge in [0.05, 0.1) is 5.69 Å². The van der Waals surface area contributed by atoms with E-state index in [2.05, 4.69) is 33.0 Å². The van der Waals surface area contributed by atoms with Crippen LogP contribution in [0.2, 0.25) is 0 Å². The van der Waals surface area contributed by atoms with Gasteiger partial charge in [-0.15, -0.1) is 11.3 Å². The predicted molar refractivity (Wildman–Crippen MR) is 80.7 cm³/mol. The Morgan fingerprint density at radius 3 is 2.63 bits per heavy atom. The van der Waals surface area contributed by atoms with Crippen molar-refractivity contribution in [2.24, 2.45) is 0 Å². The molecule has 4 heteroatoms. The van der Waals surface area contributed by atoms with Crippen molar-refractivity contribution in [3.05, 3.63) is 15.6 Å². The van der Waals surface area contributed by atoms with Crippen molar-refractivity contribution < 1.29 is 4.74 Å². The zero-order chi connectivity index (χ0) is 13.8. The molecule has 0 spiro atoms. The van der Waals surface area contributed by atoms with E-state index in [1.54, 1.807) is 0 Å². The minimum Gasteiger partial charge on any atom is -0.371 e. The van der Waals surface area contributed by atoms with Gasteiger partial charge in [-0.05, 0) is 32.1 Å². The van der Waals surface area contributed by atoms with Crippen LogP contribution in [0.3, 0.4) is 0 Å².